The highest BCUT2D eigenvalue weighted by Gasteiger charge is 2.18. The Hall–Kier alpha value is -4.44. The number of hydrogen-bond acceptors (Lipinski definition) is 7. The third kappa shape index (κ3) is 5.60. The van der Waals surface area contributed by atoms with E-state index in [-0.39, 0.29) is 39.8 Å². The molecule has 0 radical (unpaired) electrons. The summed E-state index contributed by atoms with van der Waals surface area (Å²) in [5, 5.41) is 34.0. The van der Waals surface area contributed by atoms with Crippen LogP contribution in [-0.4, -0.2) is 39.1 Å². The molecule has 0 atom stereocenters. The van der Waals surface area contributed by atoms with Gasteiger partial charge >= 0.3 is 5.97 Å². The fourth-order valence-corrected chi connectivity index (χ4v) is 4.30. The maximum atomic E-state index is 13.0. The molecule has 198 valence electrons. The van der Waals surface area contributed by atoms with Crippen molar-refractivity contribution in [3.8, 4) is 22.8 Å². The van der Waals surface area contributed by atoms with Gasteiger partial charge in [0.05, 0.1) is 16.9 Å². The van der Waals surface area contributed by atoms with Crippen LogP contribution >= 0.6 is 0 Å². The first kappa shape index (κ1) is 26.6. The van der Waals surface area contributed by atoms with Crippen LogP contribution in [0.1, 0.15) is 47.6 Å². The molecule has 5 rings (SSSR count). The maximum Gasteiger partial charge on any atom is 0.371 e. The number of furan rings is 1. The van der Waals surface area contributed by atoms with E-state index in [1.54, 1.807) is 19.1 Å². The molecule has 0 unspecified atom stereocenters. The van der Waals surface area contributed by atoms with Crippen molar-refractivity contribution >= 4 is 17.3 Å². The Morgan fingerprint density at radius 1 is 1.08 bits per heavy atom. The van der Waals surface area contributed by atoms with E-state index in [1.165, 1.54) is 34.0 Å². The summed E-state index contributed by atoms with van der Waals surface area (Å²) in [7, 11) is 0. The maximum absolute atomic E-state index is 13.0. The van der Waals surface area contributed by atoms with Gasteiger partial charge in [-0.25, -0.2) is 9.48 Å². The molecule has 1 aliphatic carbocycles. The number of rotatable bonds is 7. The monoisotopic (exact) mass is 517 g/mol. The molecule has 2 heterocycles. The number of aromatic amines is 1. The van der Waals surface area contributed by atoms with Crippen molar-refractivity contribution in [1.29, 1.82) is 0 Å². The predicted octanol–water partition coefficient (Wildman–Crippen LogP) is 5.66. The van der Waals surface area contributed by atoms with Gasteiger partial charge in [0.25, 0.3) is 5.56 Å². The Bertz CT molecular complexity index is 1530. The number of benzene rings is 2. The molecular formula is C28H31N5O5. The van der Waals surface area contributed by atoms with E-state index in [0.29, 0.717) is 5.69 Å². The second-order valence-corrected chi connectivity index (χ2v) is 8.83. The van der Waals surface area contributed by atoms with E-state index in [0.717, 1.165) is 38.0 Å². The molecule has 0 fully saturated rings. The number of phenols is 1. The van der Waals surface area contributed by atoms with Gasteiger partial charge in [-0.1, -0.05) is 26.0 Å². The number of fused-ring (bicyclic) bond motifs is 1. The summed E-state index contributed by atoms with van der Waals surface area (Å²) in [4.78, 5) is 24.1. The van der Waals surface area contributed by atoms with E-state index in [2.05, 4.69) is 40.6 Å². The highest BCUT2D eigenvalue weighted by Crippen LogP contribution is 2.38. The minimum Gasteiger partial charge on any atom is -0.505 e. The summed E-state index contributed by atoms with van der Waals surface area (Å²) in [6.45, 7) is 8.12. The highest BCUT2D eigenvalue weighted by molar-refractivity contribution is 5.85. The van der Waals surface area contributed by atoms with E-state index >= 15 is 0 Å². The Morgan fingerprint density at radius 3 is 2.53 bits per heavy atom. The molecule has 1 aliphatic rings. The number of carboxylic acids is 1. The minimum absolute atomic E-state index is 0.116. The van der Waals surface area contributed by atoms with Crippen molar-refractivity contribution in [2.45, 2.75) is 40.0 Å². The van der Waals surface area contributed by atoms with Crippen LogP contribution in [0.2, 0.25) is 0 Å². The topological polar surface area (TPSA) is 145 Å². The van der Waals surface area contributed by atoms with Crippen molar-refractivity contribution in [3.05, 3.63) is 81.5 Å². The number of aromatic hydroxyl groups is 1. The fourth-order valence-electron chi connectivity index (χ4n) is 4.30. The number of para-hydroxylation sites is 1. The number of nitrogens with one attached hydrogen (secondary N) is 2. The zero-order valence-electron chi connectivity index (χ0n) is 21.6. The van der Waals surface area contributed by atoms with Gasteiger partial charge in [-0.15, -0.1) is 10.2 Å². The molecule has 0 saturated heterocycles. The van der Waals surface area contributed by atoms with E-state index in [4.69, 9.17) is 9.52 Å². The number of carbonyl (C=O) groups is 1. The van der Waals surface area contributed by atoms with Gasteiger partial charge in [-0.2, -0.15) is 0 Å². The first-order valence-electron chi connectivity index (χ1n) is 12.6. The SMILES string of the molecule is CCNCC.Cc1[nH]n(-c2ccc3c(c2)CCC3)c(=O)c1N=Nc1cccc(-c2ccc(C(=O)O)o2)c1O. The quantitative estimate of drug-likeness (QED) is 0.233. The summed E-state index contributed by atoms with van der Waals surface area (Å²) in [5.41, 5.74) is 4.01. The molecule has 4 aromatic rings. The molecule has 2 aromatic carbocycles. The van der Waals surface area contributed by atoms with Crippen LogP contribution in [0, 0.1) is 6.92 Å². The molecule has 4 N–H and O–H groups in total. The zero-order chi connectivity index (χ0) is 27.2. The number of carboxylic acid groups (broad SMARTS) is 1. The van der Waals surface area contributed by atoms with Crippen LogP contribution in [-0.2, 0) is 12.8 Å². The fraction of sp³-hybridized carbons (Fsp3) is 0.286. The zero-order valence-corrected chi connectivity index (χ0v) is 21.6. The van der Waals surface area contributed by atoms with E-state index in [9.17, 15) is 14.7 Å². The molecule has 0 aliphatic heterocycles. The molecule has 0 saturated carbocycles. The third-order valence-electron chi connectivity index (χ3n) is 6.24. The number of aryl methyl sites for hydroxylation is 3. The van der Waals surface area contributed by atoms with Gasteiger partial charge in [0.15, 0.2) is 11.4 Å². The molecule has 2 aromatic heterocycles. The third-order valence-corrected chi connectivity index (χ3v) is 6.24. The first-order valence-corrected chi connectivity index (χ1v) is 12.6. The molecular weight excluding hydrogens is 486 g/mol. The number of phenolic OH excluding ortho intramolecular Hbond substituents is 1. The van der Waals surface area contributed by atoms with Gasteiger partial charge in [0.1, 0.15) is 11.4 Å². The molecule has 10 nitrogen and oxygen atoms in total. The number of azo groups is 1. The van der Waals surface area contributed by atoms with Crippen molar-refractivity contribution in [1.82, 2.24) is 15.1 Å². The summed E-state index contributed by atoms with van der Waals surface area (Å²) in [5.74, 6) is -1.51. The van der Waals surface area contributed by atoms with Crippen LogP contribution in [0.15, 0.2) is 68.0 Å². The molecule has 0 amide bonds. The second kappa shape index (κ2) is 11.7. The van der Waals surface area contributed by atoms with Crippen molar-refractivity contribution in [2.24, 2.45) is 10.2 Å². The van der Waals surface area contributed by atoms with Crippen molar-refractivity contribution < 1.29 is 19.4 Å². The number of H-pyrrole nitrogens is 1. The lowest BCUT2D eigenvalue weighted by Gasteiger charge is -2.05. The van der Waals surface area contributed by atoms with Gasteiger partial charge in [-0.3, -0.25) is 9.89 Å². The highest BCUT2D eigenvalue weighted by atomic mass is 16.4. The van der Waals surface area contributed by atoms with Crippen LogP contribution in [0.5, 0.6) is 5.75 Å². The number of hydrogen-bond donors (Lipinski definition) is 4. The molecule has 38 heavy (non-hydrogen) atoms. The first-order chi connectivity index (χ1) is 18.3. The Morgan fingerprint density at radius 2 is 1.84 bits per heavy atom. The largest absolute Gasteiger partial charge is 0.505 e. The average molecular weight is 518 g/mol. The van der Waals surface area contributed by atoms with Crippen LogP contribution in [0.3, 0.4) is 0 Å². The lowest BCUT2D eigenvalue weighted by Crippen LogP contribution is -2.14. The lowest BCUT2D eigenvalue weighted by atomic mass is 10.1. The van der Waals surface area contributed by atoms with E-state index in [1.807, 2.05) is 12.1 Å². The van der Waals surface area contributed by atoms with Gasteiger partial charge in [0, 0.05) is 0 Å². The smallest absolute Gasteiger partial charge is 0.371 e. The van der Waals surface area contributed by atoms with Gasteiger partial charge in [0.2, 0.25) is 5.76 Å². The van der Waals surface area contributed by atoms with Crippen LogP contribution in [0.25, 0.3) is 17.0 Å². The lowest BCUT2D eigenvalue weighted by molar-refractivity contribution is 0.0663. The number of nitrogens with zero attached hydrogens (tertiary/aromatic N) is 3. The minimum atomic E-state index is -1.21. The van der Waals surface area contributed by atoms with Crippen LogP contribution in [0.4, 0.5) is 11.4 Å². The molecule has 0 bridgehead atoms. The Kier molecular flexibility index (Phi) is 8.22. The summed E-state index contributed by atoms with van der Waals surface area (Å²) < 4.78 is 6.70. The predicted molar refractivity (Wildman–Crippen MR) is 144 cm³/mol. The Labute approximate surface area is 219 Å². The average Bonchev–Trinajstić information content (AvgIpc) is 3.64. The standard InChI is InChI=1S/C24H20N4O5.C4H11N/c1-13-21(23(30)28(27-13)16-9-8-14-4-2-5-15(14)12-16)26-25-18-7-3-6-17(22(18)29)19-10-11-20(33-19)24(31)32;1-3-5-4-2/h3,6-12,27,29H,2,4-5H2,1H3,(H,31,32);5H,3-4H2,1-2H3. The van der Waals surface area contributed by atoms with Crippen molar-refractivity contribution in [3.63, 3.8) is 0 Å². The number of aromatic nitrogens is 2. The normalized spacial score (nSPS) is 12.4. The molecule has 10 heteroatoms. The summed E-state index contributed by atoms with van der Waals surface area (Å²) >= 11 is 0. The van der Waals surface area contributed by atoms with Crippen LogP contribution < -0.4 is 10.9 Å². The molecule has 0 spiro atoms. The second-order valence-electron chi connectivity index (χ2n) is 8.83. The van der Waals surface area contributed by atoms with Gasteiger partial charge in [-0.05, 0) is 86.8 Å². The summed E-state index contributed by atoms with van der Waals surface area (Å²) in [6, 6.07) is 13.5. The number of aromatic carboxylic acids is 1. The summed E-state index contributed by atoms with van der Waals surface area (Å²) in [6.07, 6.45) is 3.18. The Balaban J connectivity index is 0.000000617. The van der Waals surface area contributed by atoms with E-state index < -0.39 is 5.97 Å². The van der Waals surface area contributed by atoms with Crippen molar-refractivity contribution in [2.75, 3.05) is 13.1 Å². The van der Waals surface area contributed by atoms with Gasteiger partial charge < -0.3 is 19.9 Å².